The summed E-state index contributed by atoms with van der Waals surface area (Å²) >= 11 is 0. The Balaban J connectivity index is 1.38. The first-order chi connectivity index (χ1) is 13.9. The number of H-pyrrole nitrogens is 1. The highest BCUT2D eigenvalue weighted by atomic mass is 16.1. The maximum Gasteiger partial charge on any atom is 0.251 e. The molecule has 0 radical (unpaired) electrons. The molecule has 0 bridgehead atoms. The van der Waals surface area contributed by atoms with Gasteiger partial charge in [0.1, 0.15) is 12.7 Å². The van der Waals surface area contributed by atoms with E-state index in [1.807, 2.05) is 32.0 Å². The Bertz CT molecular complexity index is 1110. The number of aromatic nitrogens is 4. The highest BCUT2D eigenvalue weighted by molar-refractivity contribution is 6.08. The topological polar surface area (TPSA) is 92.7 Å². The first-order valence-electron chi connectivity index (χ1n) is 10.2. The first kappa shape index (κ1) is 18.1. The SMILES string of the molecule is CC1(C)CC2(CC2)c2c([nH]c3ccc(C(=O)NCCCn4cncn4)cc23)C1=O. The number of Topliss-reactive ketones (excluding diaryl/α,β-unsaturated/α-hetero) is 1. The van der Waals surface area contributed by atoms with Gasteiger partial charge in [0, 0.05) is 35.0 Å². The second-order valence-electron chi connectivity index (χ2n) is 9.07. The number of fused-ring (bicyclic) bond motifs is 4. The lowest BCUT2D eigenvalue weighted by molar-refractivity contribution is 0.0782. The molecular formula is C22H25N5O2. The van der Waals surface area contributed by atoms with Crippen molar-refractivity contribution in [2.45, 2.75) is 51.5 Å². The van der Waals surface area contributed by atoms with Crippen LogP contribution in [0, 0.1) is 5.41 Å². The molecule has 7 nitrogen and oxygen atoms in total. The molecule has 2 N–H and O–H groups in total. The molecule has 0 aliphatic heterocycles. The fraction of sp³-hybridized carbons (Fsp3) is 0.455. The molecule has 2 aliphatic rings. The summed E-state index contributed by atoms with van der Waals surface area (Å²) in [5.74, 6) is 0.0908. The van der Waals surface area contributed by atoms with Crippen LogP contribution < -0.4 is 5.32 Å². The van der Waals surface area contributed by atoms with Crippen LogP contribution in [0.15, 0.2) is 30.9 Å². The van der Waals surface area contributed by atoms with E-state index in [-0.39, 0.29) is 22.5 Å². The van der Waals surface area contributed by atoms with Crippen LogP contribution in [0.25, 0.3) is 10.9 Å². The molecule has 7 heteroatoms. The van der Waals surface area contributed by atoms with Crippen LogP contribution in [0.5, 0.6) is 0 Å². The number of nitrogens with zero attached hydrogens (tertiary/aromatic N) is 3. The average Bonchev–Trinajstić information content (AvgIpc) is 3.10. The molecule has 2 aromatic heterocycles. The third-order valence-corrected chi connectivity index (χ3v) is 6.38. The van der Waals surface area contributed by atoms with E-state index in [0.29, 0.717) is 18.7 Å². The molecule has 2 heterocycles. The fourth-order valence-electron chi connectivity index (χ4n) is 4.88. The van der Waals surface area contributed by atoms with Gasteiger partial charge in [-0.3, -0.25) is 14.3 Å². The molecule has 150 valence electrons. The lowest BCUT2D eigenvalue weighted by atomic mass is 9.68. The van der Waals surface area contributed by atoms with Crippen LogP contribution in [-0.2, 0) is 12.0 Å². The second kappa shape index (κ2) is 6.27. The second-order valence-corrected chi connectivity index (χ2v) is 9.07. The Morgan fingerprint density at radius 2 is 2.14 bits per heavy atom. The minimum absolute atomic E-state index is 0.0900. The molecule has 1 fully saturated rings. The Morgan fingerprint density at radius 1 is 1.31 bits per heavy atom. The number of hydrogen-bond acceptors (Lipinski definition) is 4. The molecule has 5 rings (SSSR count). The number of aryl methyl sites for hydroxylation is 1. The minimum atomic E-state index is -0.339. The number of benzene rings is 1. The zero-order valence-electron chi connectivity index (χ0n) is 16.8. The molecule has 3 aromatic rings. The first-order valence-corrected chi connectivity index (χ1v) is 10.2. The molecule has 0 unspecified atom stereocenters. The van der Waals surface area contributed by atoms with Gasteiger partial charge < -0.3 is 10.3 Å². The predicted octanol–water partition coefficient (Wildman–Crippen LogP) is 3.22. The monoisotopic (exact) mass is 391 g/mol. The van der Waals surface area contributed by atoms with Crippen LogP contribution in [0.4, 0.5) is 0 Å². The third kappa shape index (κ3) is 2.96. The molecule has 1 saturated carbocycles. The van der Waals surface area contributed by atoms with E-state index in [1.54, 1.807) is 11.0 Å². The van der Waals surface area contributed by atoms with Gasteiger partial charge in [0.2, 0.25) is 0 Å². The van der Waals surface area contributed by atoms with Gasteiger partial charge in [-0.25, -0.2) is 4.98 Å². The Hall–Kier alpha value is -2.96. The Morgan fingerprint density at radius 3 is 2.86 bits per heavy atom. The molecule has 2 aliphatic carbocycles. The fourth-order valence-corrected chi connectivity index (χ4v) is 4.88. The van der Waals surface area contributed by atoms with Crippen molar-refractivity contribution in [3.63, 3.8) is 0 Å². The van der Waals surface area contributed by atoms with Gasteiger partial charge in [0.05, 0.1) is 5.69 Å². The molecule has 0 saturated heterocycles. The molecular weight excluding hydrogens is 366 g/mol. The highest BCUT2D eigenvalue weighted by Crippen LogP contribution is 2.61. The van der Waals surface area contributed by atoms with Crippen molar-refractivity contribution in [1.29, 1.82) is 0 Å². The van der Waals surface area contributed by atoms with Gasteiger partial charge in [-0.05, 0) is 54.9 Å². The number of hydrogen-bond donors (Lipinski definition) is 2. The largest absolute Gasteiger partial charge is 0.352 e. The van der Waals surface area contributed by atoms with Crippen LogP contribution >= 0.6 is 0 Å². The van der Waals surface area contributed by atoms with Crippen molar-refractivity contribution in [3.8, 4) is 0 Å². The molecule has 29 heavy (non-hydrogen) atoms. The summed E-state index contributed by atoms with van der Waals surface area (Å²) < 4.78 is 1.75. The summed E-state index contributed by atoms with van der Waals surface area (Å²) in [5, 5.41) is 8.06. The van der Waals surface area contributed by atoms with E-state index in [4.69, 9.17) is 0 Å². The third-order valence-electron chi connectivity index (χ3n) is 6.38. The van der Waals surface area contributed by atoms with Gasteiger partial charge >= 0.3 is 0 Å². The van der Waals surface area contributed by atoms with Crippen molar-refractivity contribution in [3.05, 3.63) is 47.7 Å². The highest BCUT2D eigenvalue weighted by Gasteiger charge is 2.56. The quantitative estimate of drug-likeness (QED) is 0.653. The zero-order chi connectivity index (χ0) is 20.2. The van der Waals surface area contributed by atoms with Crippen LogP contribution in [0.2, 0.25) is 0 Å². The van der Waals surface area contributed by atoms with Gasteiger partial charge in [0.15, 0.2) is 5.78 Å². The summed E-state index contributed by atoms with van der Waals surface area (Å²) in [7, 11) is 0. The lowest BCUT2D eigenvalue weighted by Crippen LogP contribution is -2.36. The van der Waals surface area contributed by atoms with E-state index in [9.17, 15) is 9.59 Å². The van der Waals surface area contributed by atoms with Gasteiger partial charge in [-0.15, -0.1) is 0 Å². The summed E-state index contributed by atoms with van der Waals surface area (Å²) in [6, 6.07) is 5.70. The van der Waals surface area contributed by atoms with Gasteiger partial charge in [-0.1, -0.05) is 13.8 Å². The van der Waals surface area contributed by atoms with Crippen molar-refractivity contribution >= 4 is 22.6 Å². The number of amides is 1. The van der Waals surface area contributed by atoms with E-state index in [0.717, 1.165) is 47.8 Å². The van der Waals surface area contributed by atoms with Crippen LogP contribution in [0.3, 0.4) is 0 Å². The normalized spacial score (nSPS) is 18.8. The maximum atomic E-state index is 13.0. The van der Waals surface area contributed by atoms with Crippen molar-refractivity contribution in [2.24, 2.45) is 5.41 Å². The minimum Gasteiger partial charge on any atom is -0.352 e. The zero-order valence-corrected chi connectivity index (χ0v) is 16.8. The van der Waals surface area contributed by atoms with Crippen molar-refractivity contribution in [1.82, 2.24) is 25.1 Å². The Labute approximate surface area is 168 Å². The van der Waals surface area contributed by atoms with E-state index in [1.165, 1.54) is 6.33 Å². The van der Waals surface area contributed by atoms with E-state index in [2.05, 4.69) is 20.4 Å². The number of carbonyl (C=O) groups is 2. The van der Waals surface area contributed by atoms with E-state index >= 15 is 0 Å². The summed E-state index contributed by atoms with van der Waals surface area (Å²) in [6.07, 6.45) is 7.07. The standard InChI is InChI=1S/C22H25N5O2/c1-21(2)11-22(6-7-22)17-15-10-14(4-5-16(15)26-18(17)19(21)28)20(29)24-8-3-9-27-13-23-12-25-27/h4-5,10,12-13,26H,3,6-9,11H2,1-2H3,(H,24,29). The summed E-state index contributed by atoms with van der Waals surface area (Å²) in [6.45, 7) is 5.37. The van der Waals surface area contributed by atoms with Gasteiger partial charge in [-0.2, -0.15) is 5.10 Å². The number of carbonyl (C=O) groups excluding carboxylic acids is 2. The lowest BCUT2D eigenvalue weighted by Gasteiger charge is -2.34. The number of aromatic amines is 1. The molecule has 1 amide bonds. The maximum absolute atomic E-state index is 13.0. The van der Waals surface area contributed by atoms with Crippen molar-refractivity contribution < 1.29 is 9.59 Å². The number of ketones is 1. The van der Waals surface area contributed by atoms with Crippen molar-refractivity contribution in [2.75, 3.05) is 6.54 Å². The molecule has 0 atom stereocenters. The van der Waals surface area contributed by atoms with Crippen LogP contribution in [0.1, 0.15) is 65.9 Å². The smallest absolute Gasteiger partial charge is 0.251 e. The summed E-state index contributed by atoms with van der Waals surface area (Å²) in [4.78, 5) is 32.9. The average molecular weight is 391 g/mol. The number of rotatable bonds is 5. The molecule has 1 spiro atoms. The Kier molecular flexibility index (Phi) is 3.91. The van der Waals surface area contributed by atoms with E-state index < -0.39 is 0 Å². The van der Waals surface area contributed by atoms with Crippen LogP contribution in [-0.4, -0.2) is 38.0 Å². The predicted molar refractivity (Wildman–Crippen MR) is 109 cm³/mol. The summed E-state index contributed by atoms with van der Waals surface area (Å²) in [5.41, 5.74) is 3.21. The number of nitrogens with one attached hydrogen (secondary N) is 2. The van der Waals surface area contributed by atoms with Gasteiger partial charge in [0.25, 0.3) is 5.91 Å². The molecule has 1 aromatic carbocycles.